The van der Waals surface area contributed by atoms with Crippen LogP contribution in [-0.2, 0) is 9.53 Å². The maximum atomic E-state index is 11.5. The summed E-state index contributed by atoms with van der Waals surface area (Å²) in [6.07, 6.45) is 12.8. The number of aliphatic hydroxyl groups is 1. The molecule has 134 valence electrons. The van der Waals surface area contributed by atoms with Crippen molar-refractivity contribution in [2.75, 3.05) is 6.61 Å². The zero-order valence-electron chi connectivity index (χ0n) is 15.2. The molecular formula is C21H32O3. The number of carbonyl (C=O) groups is 1. The monoisotopic (exact) mass is 332 g/mol. The molecule has 0 spiro atoms. The topological polar surface area (TPSA) is 46.5 Å². The Morgan fingerprint density at radius 2 is 2.08 bits per heavy atom. The van der Waals surface area contributed by atoms with Crippen LogP contribution in [0.15, 0.2) is 11.6 Å². The van der Waals surface area contributed by atoms with Gasteiger partial charge in [-0.2, -0.15) is 0 Å². The molecule has 0 aliphatic heterocycles. The van der Waals surface area contributed by atoms with Crippen LogP contribution in [0.3, 0.4) is 0 Å². The van der Waals surface area contributed by atoms with Crippen molar-refractivity contribution in [1.29, 1.82) is 0 Å². The first-order valence-electron chi connectivity index (χ1n) is 9.96. The number of fused-ring (bicyclic) bond motifs is 5. The normalized spacial score (nSPS) is 47.2. The summed E-state index contributed by atoms with van der Waals surface area (Å²) >= 11 is 0. The number of ether oxygens (including phenoxy) is 1. The van der Waals surface area contributed by atoms with Crippen molar-refractivity contribution in [3.05, 3.63) is 11.6 Å². The highest BCUT2D eigenvalue weighted by atomic mass is 16.5. The first kappa shape index (κ1) is 16.6. The zero-order chi connectivity index (χ0) is 16.9. The van der Waals surface area contributed by atoms with Crippen molar-refractivity contribution < 1.29 is 14.6 Å². The van der Waals surface area contributed by atoms with Crippen LogP contribution in [0.4, 0.5) is 0 Å². The third-order valence-electron chi connectivity index (χ3n) is 8.12. The molecule has 0 heterocycles. The van der Waals surface area contributed by atoms with Gasteiger partial charge in [-0.15, -0.1) is 0 Å². The Kier molecular flexibility index (Phi) is 4.06. The number of aliphatic hydroxyl groups excluding tert-OH is 1. The Labute approximate surface area is 145 Å². The zero-order valence-corrected chi connectivity index (χ0v) is 15.2. The number of hydrogen-bond acceptors (Lipinski definition) is 3. The first-order chi connectivity index (χ1) is 11.4. The van der Waals surface area contributed by atoms with E-state index in [9.17, 15) is 9.90 Å². The average molecular weight is 332 g/mol. The van der Waals surface area contributed by atoms with Gasteiger partial charge in [0.05, 0.1) is 6.10 Å². The van der Waals surface area contributed by atoms with Crippen LogP contribution < -0.4 is 0 Å². The van der Waals surface area contributed by atoms with E-state index < -0.39 is 0 Å². The van der Waals surface area contributed by atoms with Gasteiger partial charge in [0.15, 0.2) is 0 Å². The van der Waals surface area contributed by atoms with Gasteiger partial charge in [-0.1, -0.05) is 25.0 Å². The molecular weight excluding hydrogens is 300 g/mol. The van der Waals surface area contributed by atoms with Gasteiger partial charge < -0.3 is 9.84 Å². The number of carbonyl (C=O) groups excluding carboxylic acids is 1. The summed E-state index contributed by atoms with van der Waals surface area (Å²) < 4.78 is 5.60. The Bertz CT molecular complexity index is 553. The third-order valence-corrected chi connectivity index (χ3v) is 8.12. The van der Waals surface area contributed by atoms with Gasteiger partial charge in [0, 0.05) is 12.3 Å². The predicted octanol–water partition coefficient (Wildman–Crippen LogP) is 4.24. The molecule has 4 aliphatic carbocycles. The van der Waals surface area contributed by atoms with Crippen LogP contribution in [0.2, 0.25) is 0 Å². The molecule has 0 aromatic carbocycles. The van der Waals surface area contributed by atoms with Gasteiger partial charge in [-0.25, -0.2) is 0 Å². The summed E-state index contributed by atoms with van der Waals surface area (Å²) in [5.74, 6) is 2.06. The van der Waals surface area contributed by atoms with E-state index in [1.54, 1.807) is 0 Å². The number of esters is 1. The van der Waals surface area contributed by atoms with Crippen molar-refractivity contribution in [2.45, 2.75) is 77.7 Å². The summed E-state index contributed by atoms with van der Waals surface area (Å²) in [5, 5.41) is 10.2. The summed E-state index contributed by atoms with van der Waals surface area (Å²) in [7, 11) is 0. The van der Waals surface area contributed by atoms with E-state index in [1.807, 2.05) is 0 Å². The molecule has 0 aromatic rings. The highest BCUT2D eigenvalue weighted by molar-refractivity contribution is 5.66. The van der Waals surface area contributed by atoms with Crippen LogP contribution in [0, 0.1) is 28.6 Å². The number of hydrogen-bond donors (Lipinski definition) is 1. The Balaban J connectivity index is 1.68. The van der Waals surface area contributed by atoms with Crippen LogP contribution in [0.5, 0.6) is 0 Å². The summed E-state index contributed by atoms with van der Waals surface area (Å²) in [6.45, 7) is 4.57. The summed E-state index contributed by atoms with van der Waals surface area (Å²) in [6, 6.07) is 0. The van der Waals surface area contributed by atoms with Gasteiger partial charge in [0.25, 0.3) is 0 Å². The molecule has 6 atom stereocenters. The largest absolute Gasteiger partial charge is 0.465 e. The minimum atomic E-state index is -0.210. The Hall–Kier alpha value is -0.830. The number of rotatable bonds is 2. The number of allylic oxidation sites excluding steroid dienone is 1. The van der Waals surface area contributed by atoms with Crippen molar-refractivity contribution in [3.8, 4) is 0 Å². The molecule has 3 fully saturated rings. The smallest absolute Gasteiger partial charge is 0.302 e. The highest BCUT2D eigenvalue weighted by Crippen LogP contribution is 2.64. The lowest BCUT2D eigenvalue weighted by Gasteiger charge is -2.58. The van der Waals surface area contributed by atoms with Crippen LogP contribution >= 0.6 is 0 Å². The molecule has 0 aromatic heterocycles. The molecule has 0 saturated heterocycles. The second kappa shape index (κ2) is 5.86. The molecule has 3 nitrogen and oxygen atoms in total. The average Bonchev–Trinajstić information content (AvgIpc) is 2.94. The quantitative estimate of drug-likeness (QED) is 0.607. The SMILES string of the molecule is CC(=O)OC[C@]12CC[C@H](O)CC1=CC[C@H]1[C@@H]3CCC[C@@]3(C)CC[C@@H]12. The molecule has 3 heteroatoms. The molecule has 4 rings (SSSR count). The van der Waals surface area contributed by atoms with Crippen molar-refractivity contribution in [3.63, 3.8) is 0 Å². The maximum Gasteiger partial charge on any atom is 0.302 e. The Morgan fingerprint density at radius 1 is 1.25 bits per heavy atom. The van der Waals surface area contributed by atoms with Gasteiger partial charge in [0.1, 0.15) is 6.61 Å². The lowest BCUT2D eigenvalue weighted by molar-refractivity contribution is -0.149. The molecule has 3 saturated carbocycles. The molecule has 1 N–H and O–H groups in total. The minimum Gasteiger partial charge on any atom is -0.465 e. The predicted molar refractivity (Wildman–Crippen MR) is 93.3 cm³/mol. The third kappa shape index (κ3) is 2.46. The van der Waals surface area contributed by atoms with E-state index in [4.69, 9.17) is 4.74 Å². The second-order valence-electron chi connectivity index (χ2n) is 9.26. The van der Waals surface area contributed by atoms with Crippen LogP contribution in [0.25, 0.3) is 0 Å². The van der Waals surface area contributed by atoms with Crippen molar-refractivity contribution in [2.24, 2.45) is 28.6 Å². The lowest BCUT2D eigenvalue weighted by atomic mass is 9.47. The van der Waals surface area contributed by atoms with E-state index in [-0.39, 0.29) is 17.5 Å². The minimum absolute atomic E-state index is 0.0116. The highest BCUT2D eigenvalue weighted by Gasteiger charge is 2.57. The van der Waals surface area contributed by atoms with E-state index in [0.717, 1.165) is 31.1 Å². The van der Waals surface area contributed by atoms with Crippen LogP contribution in [-0.4, -0.2) is 23.8 Å². The van der Waals surface area contributed by atoms with Gasteiger partial charge in [0.2, 0.25) is 0 Å². The van der Waals surface area contributed by atoms with Gasteiger partial charge in [-0.3, -0.25) is 4.79 Å². The molecule has 0 bridgehead atoms. The lowest BCUT2D eigenvalue weighted by Crippen LogP contribution is -2.52. The maximum absolute atomic E-state index is 11.5. The standard InChI is InChI=1S/C21H32O3/c1-14(22)24-13-21-11-7-16(23)12-15(21)5-6-17-18-4-3-9-20(18,2)10-8-19(17)21/h5,16-19,23H,3-4,6-13H2,1-2H3/t16-,17-,18-,19-,20-,21+/m0/s1. The molecule has 24 heavy (non-hydrogen) atoms. The molecule has 4 aliphatic rings. The molecule has 0 radical (unpaired) electrons. The first-order valence-corrected chi connectivity index (χ1v) is 9.96. The summed E-state index contributed by atoms with van der Waals surface area (Å²) in [5.41, 5.74) is 1.95. The van der Waals surface area contributed by atoms with E-state index >= 15 is 0 Å². The van der Waals surface area contributed by atoms with E-state index in [1.165, 1.54) is 51.0 Å². The fourth-order valence-corrected chi connectivity index (χ4v) is 6.93. The fraction of sp³-hybridized carbons (Fsp3) is 0.857. The molecule has 0 amide bonds. The van der Waals surface area contributed by atoms with Gasteiger partial charge in [-0.05, 0) is 74.5 Å². The second-order valence-corrected chi connectivity index (χ2v) is 9.26. The molecule has 0 unspecified atom stereocenters. The van der Waals surface area contributed by atoms with Gasteiger partial charge >= 0.3 is 5.97 Å². The van der Waals surface area contributed by atoms with E-state index in [2.05, 4.69) is 13.0 Å². The fourth-order valence-electron chi connectivity index (χ4n) is 6.93. The van der Waals surface area contributed by atoms with Crippen LogP contribution in [0.1, 0.15) is 71.6 Å². The van der Waals surface area contributed by atoms with Crippen molar-refractivity contribution in [1.82, 2.24) is 0 Å². The van der Waals surface area contributed by atoms with E-state index in [0.29, 0.717) is 17.9 Å². The Morgan fingerprint density at radius 3 is 2.88 bits per heavy atom. The van der Waals surface area contributed by atoms with Crippen molar-refractivity contribution >= 4 is 5.97 Å². The summed E-state index contributed by atoms with van der Waals surface area (Å²) in [4.78, 5) is 11.5.